The second-order valence-electron chi connectivity index (χ2n) is 7.38. The van der Waals surface area contributed by atoms with Crippen LogP contribution in [0.4, 0.5) is 11.4 Å². The lowest BCUT2D eigenvalue weighted by molar-refractivity contribution is -0.120. The number of aryl methyl sites for hydroxylation is 1. The highest BCUT2D eigenvalue weighted by atomic mass is 16.2. The molecule has 3 aromatic rings. The molecule has 0 spiro atoms. The van der Waals surface area contributed by atoms with Crippen LogP contribution in [0.1, 0.15) is 35.0 Å². The van der Waals surface area contributed by atoms with Gasteiger partial charge in [0.1, 0.15) is 5.69 Å². The highest BCUT2D eigenvalue weighted by Crippen LogP contribution is 2.27. The number of anilines is 2. The monoisotopic (exact) mass is 400 g/mol. The molecule has 1 atom stereocenters. The molecule has 6 heteroatoms. The van der Waals surface area contributed by atoms with Crippen LogP contribution in [0.15, 0.2) is 67.1 Å². The summed E-state index contributed by atoms with van der Waals surface area (Å²) in [6, 6.07) is 15.7. The molecule has 0 aliphatic heterocycles. The Labute approximate surface area is 176 Å². The first kappa shape index (κ1) is 19.8. The van der Waals surface area contributed by atoms with Gasteiger partial charge in [-0.25, -0.2) is 4.98 Å². The summed E-state index contributed by atoms with van der Waals surface area (Å²) in [5.41, 5.74) is 4.39. The lowest BCUT2D eigenvalue weighted by Crippen LogP contribution is -2.31. The summed E-state index contributed by atoms with van der Waals surface area (Å²) >= 11 is 0. The summed E-state index contributed by atoms with van der Waals surface area (Å²) in [6.07, 6.45) is 7.07. The zero-order chi connectivity index (χ0) is 20.9. The van der Waals surface area contributed by atoms with Crippen molar-refractivity contribution in [2.24, 2.45) is 5.92 Å². The van der Waals surface area contributed by atoms with Crippen LogP contribution in [0.3, 0.4) is 0 Å². The summed E-state index contributed by atoms with van der Waals surface area (Å²) in [5, 5.41) is 3.02. The van der Waals surface area contributed by atoms with Gasteiger partial charge in [-0.15, -0.1) is 0 Å². The van der Waals surface area contributed by atoms with Crippen molar-refractivity contribution in [1.29, 1.82) is 0 Å². The van der Waals surface area contributed by atoms with Gasteiger partial charge in [-0.05, 0) is 61.6 Å². The SMILES string of the molecule is CCN(C(=O)c1cnccn1)c1ccc(NC(=O)C2CCc3ccccc3C2)cc1. The largest absolute Gasteiger partial charge is 0.326 e. The van der Waals surface area contributed by atoms with Gasteiger partial charge in [-0.2, -0.15) is 0 Å². The van der Waals surface area contributed by atoms with E-state index in [0.29, 0.717) is 12.2 Å². The second kappa shape index (κ2) is 8.86. The average molecular weight is 400 g/mol. The van der Waals surface area contributed by atoms with Gasteiger partial charge in [0.05, 0.1) is 6.20 Å². The van der Waals surface area contributed by atoms with E-state index in [1.54, 1.807) is 4.90 Å². The third-order valence-electron chi connectivity index (χ3n) is 5.51. The molecule has 1 unspecified atom stereocenters. The van der Waals surface area contributed by atoms with Crippen LogP contribution in [0.25, 0.3) is 0 Å². The molecule has 152 valence electrons. The normalized spacial score (nSPS) is 15.2. The van der Waals surface area contributed by atoms with Gasteiger partial charge >= 0.3 is 0 Å². The van der Waals surface area contributed by atoms with Crippen molar-refractivity contribution in [3.63, 3.8) is 0 Å². The van der Waals surface area contributed by atoms with Crippen molar-refractivity contribution in [2.45, 2.75) is 26.2 Å². The Morgan fingerprint density at radius 2 is 1.83 bits per heavy atom. The topological polar surface area (TPSA) is 75.2 Å². The van der Waals surface area contributed by atoms with E-state index < -0.39 is 0 Å². The quantitative estimate of drug-likeness (QED) is 0.705. The molecule has 1 N–H and O–H groups in total. The van der Waals surface area contributed by atoms with Crippen molar-refractivity contribution >= 4 is 23.2 Å². The predicted molar refractivity (Wildman–Crippen MR) is 116 cm³/mol. The number of fused-ring (bicyclic) bond motifs is 1. The minimum absolute atomic E-state index is 0.0232. The van der Waals surface area contributed by atoms with E-state index in [4.69, 9.17) is 0 Å². The van der Waals surface area contributed by atoms with Crippen LogP contribution in [-0.2, 0) is 17.6 Å². The Balaban J connectivity index is 1.42. The lowest BCUT2D eigenvalue weighted by atomic mass is 9.83. The van der Waals surface area contributed by atoms with E-state index in [9.17, 15) is 9.59 Å². The van der Waals surface area contributed by atoms with E-state index in [0.717, 1.165) is 30.6 Å². The highest BCUT2D eigenvalue weighted by molar-refractivity contribution is 6.04. The number of hydrogen-bond acceptors (Lipinski definition) is 4. The molecule has 0 fully saturated rings. The van der Waals surface area contributed by atoms with Gasteiger partial charge in [0.2, 0.25) is 5.91 Å². The second-order valence-corrected chi connectivity index (χ2v) is 7.38. The van der Waals surface area contributed by atoms with E-state index in [1.807, 2.05) is 37.3 Å². The molecule has 1 aliphatic carbocycles. The molecule has 0 saturated carbocycles. The average Bonchev–Trinajstić information content (AvgIpc) is 2.80. The molecule has 2 amide bonds. The van der Waals surface area contributed by atoms with Crippen molar-refractivity contribution < 1.29 is 9.59 Å². The number of rotatable bonds is 5. The third kappa shape index (κ3) is 4.22. The molecule has 1 aromatic heterocycles. The molecule has 0 radical (unpaired) electrons. The number of aromatic nitrogens is 2. The minimum atomic E-state index is -0.205. The van der Waals surface area contributed by atoms with Crippen LogP contribution in [0.2, 0.25) is 0 Å². The maximum atomic E-state index is 12.8. The van der Waals surface area contributed by atoms with Crippen molar-refractivity contribution in [1.82, 2.24) is 9.97 Å². The fourth-order valence-corrected chi connectivity index (χ4v) is 3.88. The highest BCUT2D eigenvalue weighted by Gasteiger charge is 2.24. The van der Waals surface area contributed by atoms with Gasteiger partial charge in [0, 0.05) is 36.2 Å². The summed E-state index contributed by atoms with van der Waals surface area (Å²) in [4.78, 5) is 35.1. The van der Waals surface area contributed by atoms with Gasteiger partial charge in [0.25, 0.3) is 5.91 Å². The van der Waals surface area contributed by atoms with Gasteiger partial charge in [0.15, 0.2) is 0 Å². The number of carbonyl (C=O) groups excluding carboxylic acids is 2. The first-order valence-corrected chi connectivity index (χ1v) is 10.2. The van der Waals surface area contributed by atoms with Crippen LogP contribution in [0.5, 0.6) is 0 Å². The summed E-state index contributed by atoms with van der Waals surface area (Å²) in [5.74, 6) is -0.187. The maximum absolute atomic E-state index is 12.8. The number of amides is 2. The molecule has 30 heavy (non-hydrogen) atoms. The summed E-state index contributed by atoms with van der Waals surface area (Å²) in [7, 11) is 0. The number of hydrogen-bond donors (Lipinski definition) is 1. The first-order valence-electron chi connectivity index (χ1n) is 10.2. The van der Waals surface area contributed by atoms with E-state index >= 15 is 0 Å². The Bertz CT molecular complexity index is 1030. The van der Waals surface area contributed by atoms with Gasteiger partial charge < -0.3 is 10.2 Å². The molecule has 0 saturated heterocycles. The molecule has 2 aromatic carbocycles. The number of nitrogens with one attached hydrogen (secondary N) is 1. The number of benzene rings is 2. The van der Waals surface area contributed by atoms with Crippen molar-refractivity contribution in [2.75, 3.05) is 16.8 Å². The van der Waals surface area contributed by atoms with Gasteiger partial charge in [-0.1, -0.05) is 24.3 Å². The van der Waals surface area contributed by atoms with Gasteiger partial charge in [-0.3, -0.25) is 14.6 Å². The first-order chi connectivity index (χ1) is 14.7. The number of nitrogens with zero attached hydrogens (tertiary/aromatic N) is 3. The molecular weight excluding hydrogens is 376 g/mol. The Hall–Kier alpha value is -3.54. The Morgan fingerprint density at radius 1 is 1.07 bits per heavy atom. The third-order valence-corrected chi connectivity index (χ3v) is 5.51. The Kier molecular flexibility index (Phi) is 5.84. The molecule has 4 rings (SSSR count). The standard InChI is InChI=1S/C24H24N4O2/c1-2-28(24(30)22-16-25-13-14-26-22)21-11-9-20(10-12-21)27-23(29)19-8-7-17-5-3-4-6-18(17)15-19/h3-6,9-14,16,19H,2,7-8,15H2,1H3,(H,27,29). The van der Waals surface area contributed by atoms with Crippen molar-refractivity contribution in [3.8, 4) is 0 Å². The maximum Gasteiger partial charge on any atom is 0.278 e. The molecule has 0 bridgehead atoms. The summed E-state index contributed by atoms with van der Waals surface area (Å²) in [6.45, 7) is 2.41. The fraction of sp³-hybridized carbons (Fsp3) is 0.250. The van der Waals surface area contributed by atoms with Crippen LogP contribution in [-0.4, -0.2) is 28.3 Å². The van der Waals surface area contributed by atoms with Crippen molar-refractivity contribution in [3.05, 3.63) is 83.9 Å². The Morgan fingerprint density at radius 3 is 2.53 bits per heavy atom. The zero-order valence-electron chi connectivity index (χ0n) is 16.9. The fourth-order valence-electron chi connectivity index (χ4n) is 3.88. The smallest absolute Gasteiger partial charge is 0.278 e. The summed E-state index contributed by atoms with van der Waals surface area (Å²) < 4.78 is 0. The molecule has 1 aliphatic rings. The van der Waals surface area contributed by atoms with Crippen LogP contribution >= 0.6 is 0 Å². The number of carbonyl (C=O) groups is 2. The zero-order valence-corrected chi connectivity index (χ0v) is 16.9. The van der Waals surface area contributed by atoms with Crippen LogP contribution < -0.4 is 10.2 Å². The van der Waals surface area contributed by atoms with E-state index in [-0.39, 0.29) is 17.7 Å². The molecule has 1 heterocycles. The van der Waals surface area contributed by atoms with E-state index in [1.165, 1.54) is 29.7 Å². The van der Waals surface area contributed by atoms with E-state index in [2.05, 4.69) is 33.5 Å². The predicted octanol–water partition coefficient (Wildman–Crippen LogP) is 3.89. The van der Waals surface area contributed by atoms with Crippen LogP contribution in [0, 0.1) is 5.92 Å². The lowest BCUT2D eigenvalue weighted by Gasteiger charge is -2.24. The minimum Gasteiger partial charge on any atom is -0.326 e. The molecule has 6 nitrogen and oxygen atoms in total. The molecular formula is C24H24N4O2.